The molecule has 0 fully saturated rings. The van der Waals surface area contributed by atoms with Crippen LogP contribution in [0, 0.1) is 5.92 Å². The van der Waals surface area contributed by atoms with Crippen molar-refractivity contribution in [2.75, 3.05) is 13.6 Å². The molecule has 0 rings (SSSR count). The summed E-state index contributed by atoms with van der Waals surface area (Å²) in [5, 5.41) is 5.41. The van der Waals surface area contributed by atoms with Crippen molar-refractivity contribution in [3.05, 3.63) is 0 Å². The van der Waals surface area contributed by atoms with E-state index < -0.39 is 0 Å². The fraction of sp³-hybridized carbons (Fsp3) is 0.818. The van der Waals surface area contributed by atoms with Crippen molar-refractivity contribution in [2.24, 2.45) is 5.92 Å². The largest absolute Gasteiger partial charge is 0.359 e. The minimum absolute atomic E-state index is 0.00772. The van der Waals surface area contributed by atoms with Crippen LogP contribution in [-0.4, -0.2) is 25.4 Å². The lowest BCUT2D eigenvalue weighted by Gasteiger charge is -2.12. The summed E-state index contributed by atoms with van der Waals surface area (Å²) in [5.74, 6) is 0.248. The maximum absolute atomic E-state index is 11.3. The van der Waals surface area contributed by atoms with Gasteiger partial charge in [-0.2, -0.15) is 0 Å². The van der Waals surface area contributed by atoms with E-state index in [4.69, 9.17) is 0 Å². The Morgan fingerprint density at radius 3 is 2.40 bits per heavy atom. The monoisotopic (exact) mass is 214 g/mol. The topological polar surface area (TPSA) is 58.2 Å². The van der Waals surface area contributed by atoms with Crippen LogP contribution in [0.3, 0.4) is 0 Å². The zero-order chi connectivity index (χ0) is 11.7. The van der Waals surface area contributed by atoms with Crippen molar-refractivity contribution in [1.82, 2.24) is 10.6 Å². The first-order valence-corrected chi connectivity index (χ1v) is 5.57. The van der Waals surface area contributed by atoms with Crippen LogP contribution in [0.1, 0.15) is 39.5 Å². The zero-order valence-corrected chi connectivity index (χ0v) is 9.93. The molecule has 0 spiro atoms. The van der Waals surface area contributed by atoms with Gasteiger partial charge in [-0.15, -0.1) is 0 Å². The molecule has 0 aliphatic rings. The number of hydrogen-bond donors (Lipinski definition) is 2. The second kappa shape index (κ2) is 8.26. The van der Waals surface area contributed by atoms with E-state index in [1.54, 1.807) is 7.05 Å². The highest BCUT2D eigenvalue weighted by Crippen LogP contribution is 2.12. The van der Waals surface area contributed by atoms with Crippen LogP contribution < -0.4 is 10.6 Å². The summed E-state index contributed by atoms with van der Waals surface area (Å²) in [5.41, 5.74) is 0. The first kappa shape index (κ1) is 13.9. The zero-order valence-electron chi connectivity index (χ0n) is 9.93. The smallest absolute Gasteiger partial charge is 0.222 e. The van der Waals surface area contributed by atoms with E-state index in [1.807, 2.05) is 6.92 Å². The van der Waals surface area contributed by atoms with Gasteiger partial charge in [0.05, 0.1) is 0 Å². The molecule has 0 bridgehead atoms. The molecule has 0 aromatic rings. The van der Waals surface area contributed by atoms with Gasteiger partial charge in [0, 0.05) is 26.4 Å². The summed E-state index contributed by atoms with van der Waals surface area (Å²) >= 11 is 0. The molecule has 0 aliphatic carbocycles. The van der Waals surface area contributed by atoms with Crippen molar-refractivity contribution in [1.29, 1.82) is 0 Å². The Balaban J connectivity index is 3.55. The molecule has 2 N–H and O–H groups in total. The molecule has 0 aromatic carbocycles. The summed E-state index contributed by atoms with van der Waals surface area (Å²) in [7, 11) is 1.67. The summed E-state index contributed by atoms with van der Waals surface area (Å²) < 4.78 is 0. The third kappa shape index (κ3) is 6.94. The molecule has 0 aliphatic heterocycles. The Bertz CT molecular complexity index is 205. The second-order valence-electron chi connectivity index (χ2n) is 3.70. The average molecular weight is 214 g/mol. The number of rotatable bonds is 7. The van der Waals surface area contributed by atoms with Crippen molar-refractivity contribution in [3.63, 3.8) is 0 Å². The molecule has 1 unspecified atom stereocenters. The number of carbonyl (C=O) groups excluding carboxylic acids is 2. The van der Waals surface area contributed by atoms with Gasteiger partial charge in [0.2, 0.25) is 11.8 Å². The van der Waals surface area contributed by atoms with Gasteiger partial charge in [0.25, 0.3) is 0 Å². The molecule has 1 atom stereocenters. The van der Waals surface area contributed by atoms with Crippen LogP contribution >= 0.6 is 0 Å². The molecule has 0 heterocycles. The van der Waals surface area contributed by atoms with Crippen molar-refractivity contribution in [3.8, 4) is 0 Å². The highest BCUT2D eigenvalue weighted by molar-refractivity contribution is 5.78. The van der Waals surface area contributed by atoms with Crippen LogP contribution in [0.15, 0.2) is 0 Å². The Hall–Kier alpha value is -1.06. The van der Waals surface area contributed by atoms with Gasteiger partial charge in [0.1, 0.15) is 0 Å². The van der Waals surface area contributed by atoms with Gasteiger partial charge in [-0.25, -0.2) is 0 Å². The van der Waals surface area contributed by atoms with Gasteiger partial charge in [0.15, 0.2) is 0 Å². The van der Waals surface area contributed by atoms with Gasteiger partial charge < -0.3 is 10.6 Å². The third-order valence-corrected chi connectivity index (χ3v) is 2.46. The molecule has 0 saturated carbocycles. The summed E-state index contributed by atoms with van der Waals surface area (Å²) in [4.78, 5) is 21.9. The van der Waals surface area contributed by atoms with Crippen LogP contribution in [0.25, 0.3) is 0 Å². The highest BCUT2D eigenvalue weighted by Gasteiger charge is 2.13. The van der Waals surface area contributed by atoms with E-state index in [2.05, 4.69) is 10.6 Å². The fourth-order valence-electron chi connectivity index (χ4n) is 1.50. The molecule has 2 amide bonds. The standard InChI is InChI=1S/C11H22N2O2/c1-4-10(11(15)12-3)7-5-6-8-13-9(2)14/h10H,4-8H2,1-3H3,(H,12,15)(H,13,14). The second-order valence-corrected chi connectivity index (χ2v) is 3.70. The molecule has 15 heavy (non-hydrogen) atoms. The summed E-state index contributed by atoms with van der Waals surface area (Å²) in [6.07, 6.45) is 3.69. The predicted molar refractivity (Wildman–Crippen MR) is 60.4 cm³/mol. The summed E-state index contributed by atoms with van der Waals surface area (Å²) in [6, 6.07) is 0. The number of amides is 2. The van der Waals surface area contributed by atoms with Crippen molar-refractivity contribution < 1.29 is 9.59 Å². The van der Waals surface area contributed by atoms with E-state index in [0.717, 1.165) is 25.7 Å². The maximum Gasteiger partial charge on any atom is 0.222 e. The SMILES string of the molecule is CCC(CCCCNC(C)=O)C(=O)NC. The first-order valence-electron chi connectivity index (χ1n) is 5.57. The van der Waals surface area contributed by atoms with Crippen LogP contribution in [0.4, 0.5) is 0 Å². The van der Waals surface area contributed by atoms with E-state index >= 15 is 0 Å². The lowest BCUT2D eigenvalue weighted by molar-refractivity contribution is -0.125. The lowest BCUT2D eigenvalue weighted by Crippen LogP contribution is -2.27. The Morgan fingerprint density at radius 1 is 1.27 bits per heavy atom. The third-order valence-electron chi connectivity index (χ3n) is 2.46. The minimum atomic E-state index is 0.00772. The molecule has 0 aromatic heterocycles. The number of hydrogen-bond acceptors (Lipinski definition) is 2. The quantitative estimate of drug-likeness (QED) is 0.623. The van der Waals surface area contributed by atoms with E-state index in [-0.39, 0.29) is 17.7 Å². The number of unbranched alkanes of at least 4 members (excludes halogenated alkanes) is 1. The minimum Gasteiger partial charge on any atom is -0.359 e. The molecular weight excluding hydrogens is 192 g/mol. The van der Waals surface area contributed by atoms with Gasteiger partial charge in [-0.1, -0.05) is 13.3 Å². The van der Waals surface area contributed by atoms with E-state index in [9.17, 15) is 9.59 Å². The lowest BCUT2D eigenvalue weighted by atomic mass is 9.98. The van der Waals surface area contributed by atoms with Crippen molar-refractivity contribution in [2.45, 2.75) is 39.5 Å². The predicted octanol–water partition coefficient (Wildman–Crippen LogP) is 1.06. The van der Waals surface area contributed by atoms with Crippen LogP contribution in [0.5, 0.6) is 0 Å². The van der Waals surface area contributed by atoms with Crippen molar-refractivity contribution >= 4 is 11.8 Å². The number of carbonyl (C=O) groups is 2. The Labute approximate surface area is 91.8 Å². The van der Waals surface area contributed by atoms with E-state index in [0.29, 0.717) is 6.54 Å². The normalized spacial score (nSPS) is 11.9. The van der Waals surface area contributed by atoms with Crippen LogP contribution in [0.2, 0.25) is 0 Å². The number of nitrogens with one attached hydrogen (secondary N) is 2. The van der Waals surface area contributed by atoms with Gasteiger partial charge in [-0.3, -0.25) is 9.59 Å². The van der Waals surface area contributed by atoms with E-state index in [1.165, 1.54) is 6.92 Å². The van der Waals surface area contributed by atoms with Gasteiger partial charge in [-0.05, 0) is 19.3 Å². The average Bonchev–Trinajstić information content (AvgIpc) is 2.22. The molecule has 0 saturated heterocycles. The molecule has 0 radical (unpaired) electrons. The molecule has 4 heteroatoms. The highest BCUT2D eigenvalue weighted by atomic mass is 16.2. The van der Waals surface area contributed by atoms with Crippen LogP contribution in [-0.2, 0) is 9.59 Å². The Kier molecular flexibility index (Phi) is 7.68. The maximum atomic E-state index is 11.3. The first-order chi connectivity index (χ1) is 7.11. The molecule has 88 valence electrons. The fourth-order valence-corrected chi connectivity index (χ4v) is 1.50. The molecule has 4 nitrogen and oxygen atoms in total. The summed E-state index contributed by atoms with van der Waals surface area (Å²) in [6.45, 7) is 4.24. The Morgan fingerprint density at radius 2 is 1.93 bits per heavy atom. The van der Waals surface area contributed by atoms with Gasteiger partial charge >= 0.3 is 0 Å². The molecular formula is C11H22N2O2.